The van der Waals surface area contributed by atoms with Gasteiger partial charge in [0.05, 0.1) is 11.1 Å². The minimum Gasteiger partial charge on any atom is -0.445 e. The number of carbonyl (C=O) groups is 4. The Morgan fingerprint density at radius 1 is 0.902 bits per heavy atom. The number of nitrogens with one attached hydrogen (secondary N) is 5. The number of likely N-dealkylation sites (N-methyl/N-ethyl adjacent to an activating group) is 1. The largest absolute Gasteiger partial charge is 0.445 e. The van der Waals surface area contributed by atoms with Crippen LogP contribution in [0.15, 0.2) is 101 Å². The summed E-state index contributed by atoms with van der Waals surface area (Å²) in [6.07, 6.45) is 6.37. The Bertz CT molecular complexity index is 2280. The number of unbranched alkanes of at least 4 members (excludes halogenated alkanes) is 2. The van der Waals surface area contributed by atoms with Crippen LogP contribution in [0, 0.1) is 0 Å². The number of amides is 4. The molecular weight excluding hydrogens is 836 g/mol. The Morgan fingerprint density at radius 2 is 1.67 bits per heavy atom. The second-order valence-corrected chi connectivity index (χ2v) is 16.7. The highest BCUT2D eigenvalue weighted by atomic mass is 35.5. The number of fused-ring (bicyclic) bond motifs is 3. The second kappa shape index (κ2) is 22.6. The molecule has 3 heterocycles. The summed E-state index contributed by atoms with van der Waals surface area (Å²) in [4.78, 5) is 66.1. The number of halogens is 2. The van der Waals surface area contributed by atoms with E-state index in [2.05, 4.69) is 31.2 Å². The Labute approximate surface area is 370 Å². The van der Waals surface area contributed by atoms with Crippen LogP contribution in [0.1, 0.15) is 60.8 Å². The fourth-order valence-corrected chi connectivity index (χ4v) is 8.86. The van der Waals surface area contributed by atoms with Gasteiger partial charge in [-0.25, -0.2) is 9.78 Å². The van der Waals surface area contributed by atoms with E-state index in [1.165, 1.54) is 16.7 Å². The Hall–Kier alpha value is -5.12. The maximum Gasteiger partial charge on any atom is 0.407 e. The zero-order valence-electron chi connectivity index (χ0n) is 34.1. The molecule has 13 nitrogen and oxygen atoms in total. The Morgan fingerprint density at radius 3 is 2.49 bits per heavy atom. The van der Waals surface area contributed by atoms with Crippen molar-refractivity contribution in [2.45, 2.75) is 92.7 Å². The van der Waals surface area contributed by atoms with E-state index in [0.29, 0.717) is 57.8 Å². The first-order valence-electron chi connectivity index (χ1n) is 20.5. The van der Waals surface area contributed by atoms with Crippen LogP contribution in [-0.4, -0.2) is 76.9 Å². The molecule has 61 heavy (non-hydrogen) atoms. The van der Waals surface area contributed by atoms with Gasteiger partial charge in [0.25, 0.3) is 0 Å². The number of carbonyl (C=O) groups excluding carboxylic acids is 4. The molecular formula is C45H52Cl2N8O5S. The van der Waals surface area contributed by atoms with Crippen molar-refractivity contribution in [3.05, 3.63) is 124 Å². The molecule has 0 spiro atoms. The van der Waals surface area contributed by atoms with E-state index in [-0.39, 0.29) is 32.7 Å². The van der Waals surface area contributed by atoms with E-state index in [4.69, 9.17) is 33.7 Å². The summed E-state index contributed by atoms with van der Waals surface area (Å²) in [5.41, 5.74) is 9.81. The van der Waals surface area contributed by atoms with Crippen molar-refractivity contribution in [3.63, 3.8) is 0 Å². The summed E-state index contributed by atoms with van der Waals surface area (Å²) in [5, 5.41) is 14.7. The van der Waals surface area contributed by atoms with Gasteiger partial charge in [0.1, 0.15) is 23.7 Å². The Kier molecular flexibility index (Phi) is 16.9. The highest BCUT2D eigenvalue weighted by molar-refractivity contribution is 7.99. The molecule has 1 aliphatic rings. The van der Waals surface area contributed by atoms with Crippen LogP contribution in [-0.2, 0) is 45.2 Å². The zero-order valence-corrected chi connectivity index (χ0v) is 36.4. The lowest BCUT2D eigenvalue weighted by molar-refractivity contribution is -0.142. The predicted octanol–water partition coefficient (Wildman–Crippen LogP) is 6.89. The molecule has 0 saturated heterocycles. The van der Waals surface area contributed by atoms with Crippen LogP contribution in [0.25, 0.3) is 10.9 Å². The summed E-state index contributed by atoms with van der Waals surface area (Å²) in [6.45, 7) is 1.16. The van der Waals surface area contributed by atoms with Crippen molar-refractivity contribution in [3.8, 4) is 0 Å². The summed E-state index contributed by atoms with van der Waals surface area (Å²) in [6, 6.07) is 21.6. The smallest absolute Gasteiger partial charge is 0.407 e. The van der Waals surface area contributed by atoms with Crippen LogP contribution < -0.4 is 27.0 Å². The number of ether oxygens (including phenoxy) is 1. The number of nitrogens with zero attached hydrogens (tertiary/aromatic N) is 2. The van der Waals surface area contributed by atoms with Gasteiger partial charge in [0.2, 0.25) is 17.7 Å². The van der Waals surface area contributed by atoms with Crippen molar-refractivity contribution >= 4 is 69.7 Å². The second-order valence-electron chi connectivity index (χ2n) is 14.9. The van der Waals surface area contributed by atoms with Crippen molar-refractivity contribution < 1.29 is 23.9 Å². The van der Waals surface area contributed by atoms with Gasteiger partial charge in [-0.1, -0.05) is 102 Å². The minimum absolute atomic E-state index is 0.0303. The number of benzene rings is 3. The first kappa shape index (κ1) is 45.4. The summed E-state index contributed by atoms with van der Waals surface area (Å²) < 4.78 is 5.37. The molecule has 6 rings (SSSR count). The average molecular weight is 888 g/mol. The topological polar surface area (TPSA) is 184 Å². The van der Waals surface area contributed by atoms with Gasteiger partial charge in [-0.2, -0.15) is 0 Å². The lowest BCUT2D eigenvalue weighted by Gasteiger charge is -2.32. The standard InChI is InChI=1S/C45H52Cl2N8O5S/c1-55-39(24-31-26-51-36-16-8-7-15-32(31)36)42(57)53-27-33-34(46)19-20-35(47)40(33)61-43-30(14-10-22-49-43)25-52-37(41(56)54-38(44(55)58)17-6-3-9-21-48)18-11-23-50-45(59)60-28-29-12-4-2-5-13-29/h2,4-5,7-8,10,12-16,19-20,22,26,37-39,51-52H,3,6,9,11,17-18,21,23-25,27-28,48H2,1H3,(H,50,59)(H,53,57)(H,54,56)/t37-,38?,39-/m0/s1. The molecule has 1 aliphatic heterocycles. The lowest BCUT2D eigenvalue weighted by Crippen LogP contribution is -2.57. The normalized spacial score (nSPS) is 17.8. The molecule has 7 N–H and O–H groups in total. The molecule has 3 aromatic carbocycles. The SMILES string of the molecule is CN1C(=O)C(CCCCCN)NC(=O)[C@H](CCCNC(=O)OCc2ccccc2)NCc2cccnc2Sc2c(Cl)ccc(Cl)c2CNC(=O)[C@@H]1Cc1c[nH]c2ccccc12. The molecule has 0 bridgehead atoms. The molecule has 0 radical (unpaired) electrons. The Balaban J connectivity index is 1.31. The molecule has 3 atom stereocenters. The third kappa shape index (κ3) is 12.5. The van der Waals surface area contributed by atoms with Crippen LogP contribution in [0.5, 0.6) is 0 Å². The van der Waals surface area contributed by atoms with Gasteiger partial charge >= 0.3 is 6.09 Å². The number of alkyl carbamates (subject to hydrolysis) is 1. The lowest BCUT2D eigenvalue weighted by atomic mass is 10.0. The maximum atomic E-state index is 14.7. The summed E-state index contributed by atoms with van der Waals surface area (Å²) >= 11 is 15.0. The van der Waals surface area contributed by atoms with Crippen molar-refractivity contribution in [2.75, 3.05) is 20.1 Å². The number of para-hydroxylation sites is 1. The highest BCUT2D eigenvalue weighted by Gasteiger charge is 2.34. The number of hydrogen-bond acceptors (Lipinski definition) is 9. The summed E-state index contributed by atoms with van der Waals surface area (Å²) in [7, 11) is 1.60. The number of hydrogen-bond donors (Lipinski definition) is 6. The number of aromatic nitrogens is 2. The fourth-order valence-electron chi connectivity index (χ4n) is 7.23. The molecule has 16 heteroatoms. The monoisotopic (exact) mass is 886 g/mol. The number of rotatable bonds is 13. The predicted molar refractivity (Wildman–Crippen MR) is 239 cm³/mol. The zero-order chi connectivity index (χ0) is 43.1. The maximum absolute atomic E-state index is 14.7. The number of H-pyrrole nitrogens is 1. The molecule has 0 aliphatic carbocycles. The average Bonchev–Trinajstić information content (AvgIpc) is 3.69. The fraction of sp³-hybridized carbons (Fsp3) is 0.356. The molecule has 1 unspecified atom stereocenters. The van der Waals surface area contributed by atoms with E-state index >= 15 is 0 Å². The van der Waals surface area contributed by atoms with Gasteiger partial charge in [-0.3, -0.25) is 14.4 Å². The van der Waals surface area contributed by atoms with Gasteiger partial charge in [0.15, 0.2) is 0 Å². The number of aromatic amines is 1. The van der Waals surface area contributed by atoms with E-state index in [9.17, 15) is 19.2 Å². The molecule has 5 aromatic rings. The molecule has 4 amide bonds. The van der Waals surface area contributed by atoms with E-state index in [0.717, 1.165) is 40.4 Å². The third-order valence-corrected chi connectivity index (χ3v) is 12.7. The van der Waals surface area contributed by atoms with E-state index in [1.807, 2.05) is 72.9 Å². The van der Waals surface area contributed by atoms with Gasteiger partial charge < -0.3 is 41.6 Å². The molecule has 2 aromatic heterocycles. The quantitative estimate of drug-likeness (QED) is 0.0686. The first-order valence-corrected chi connectivity index (χ1v) is 22.1. The van der Waals surface area contributed by atoms with Crippen molar-refractivity contribution in [1.29, 1.82) is 0 Å². The van der Waals surface area contributed by atoms with Crippen molar-refractivity contribution in [1.82, 2.24) is 36.1 Å². The van der Waals surface area contributed by atoms with Crippen LogP contribution in [0.3, 0.4) is 0 Å². The van der Waals surface area contributed by atoms with E-state index in [1.54, 1.807) is 25.4 Å². The first-order chi connectivity index (χ1) is 29.6. The van der Waals surface area contributed by atoms with Crippen LogP contribution in [0.4, 0.5) is 4.79 Å². The van der Waals surface area contributed by atoms with Crippen molar-refractivity contribution in [2.24, 2.45) is 5.73 Å². The molecule has 0 fully saturated rings. The van der Waals surface area contributed by atoms with Crippen LogP contribution >= 0.6 is 35.0 Å². The minimum atomic E-state index is -0.969. The summed E-state index contributed by atoms with van der Waals surface area (Å²) in [5.74, 6) is -1.20. The third-order valence-electron chi connectivity index (χ3n) is 10.7. The highest BCUT2D eigenvalue weighted by Crippen LogP contribution is 2.39. The number of nitrogens with two attached hydrogens (primary N) is 1. The van der Waals surface area contributed by atoms with E-state index < -0.39 is 41.9 Å². The van der Waals surface area contributed by atoms with Gasteiger partial charge in [0, 0.05) is 71.9 Å². The van der Waals surface area contributed by atoms with Gasteiger partial charge in [-0.15, -0.1) is 0 Å². The molecule has 322 valence electrons. The number of pyridine rings is 1. The van der Waals surface area contributed by atoms with Crippen LogP contribution in [0.2, 0.25) is 10.0 Å². The molecule has 0 saturated carbocycles. The van der Waals surface area contributed by atoms with Gasteiger partial charge in [-0.05, 0) is 73.2 Å².